The van der Waals surface area contributed by atoms with E-state index in [2.05, 4.69) is 4.98 Å². The Balaban J connectivity index is 1.83. The summed E-state index contributed by atoms with van der Waals surface area (Å²) >= 11 is 0. The number of carbonyl (C=O) groups is 1. The molecular weight excluding hydrogens is 254 g/mol. The highest BCUT2D eigenvalue weighted by atomic mass is 16.5. The lowest BCUT2D eigenvalue weighted by Crippen LogP contribution is -2.01. The monoisotopic (exact) mass is 269 g/mol. The van der Waals surface area contributed by atoms with Crippen molar-refractivity contribution in [1.29, 1.82) is 0 Å². The fraction of sp³-hybridized carbons (Fsp3) is 0.125. The second-order valence-electron chi connectivity index (χ2n) is 4.20. The Bertz CT molecular complexity index is 576. The second-order valence-corrected chi connectivity index (χ2v) is 4.20. The van der Waals surface area contributed by atoms with Gasteiger partial charge in [0.2, 0.25) is 0 Å². The minimum atomic E-state index is -0.957. The van der Waals surface area contributed by atoms with Gasteiger partial charge in [-0.1, -0.05) is 18.2 Å². The predicted molar refractivity (Wildman–Crippen MR) is 76.5 cm³/mol. The van der Waals surface area contributed by atoms with Crippen LogP contribution in [0.4, 0.5) is 0 Å². The Morgan fingerprint density at radius 2 is 2.05 bits per heavy atom. The first-order chi connectivity index (χ1) is 9.74. The van der Waals surface area contributed by atoms with E-state index in [0.29, 0.717) is 6.61 Å². The van der Waals surface area contributed by atoms with Gasteiger partial charge in [0.05, 0.1) is 6.61 Å². The van der Waals surface area contributed by atoms with E-state index in [1.54, 1.807) is 12.3 Å². The molecule has 0 unspecified atom stereocenters. The molecule has 0 aliphatic carbocycles. The molecule has 1 aromatic carbocycles. The molecule has 20 heavy (non-hydrogen) atoms. The zero-order chi connectivity index (χ0) is 14.2. The van der Waals surface area contributed by atoms with Gasteiger partial charge >= 0.3 is 5.97 Å². The number of aliphatic carboxylic acids is 1. The third-order valence-electron chi connectivity index (χ3n) is 2.68. The lowest BCUT2D eigenvalue weighted by molar-refractivity contribution is -0.131. The molecule has 0 aliphatic rings. The lowest BCUT2D eigenvalue weighted by Gasteiger charge is -2.06. The van der Waals surface area contributed by atoms with Crippen molar-refractivity contribution in [2.45, 2.75) is 6.42 Å². The Kier molecular flexibility index (Phi) is 4.89. The van der Waals surface area contributed by atoms with Crippen LogP contribution in [0.1, 0.15) is 11.1 Å². The third kappa shape index (κ3) is 4.57. The quantitative estimate of drug-likeness (QED) is 0.819. The van der Waals surface area contributed by atoms with Gasteiger partial charge in [-0.15, -0.1) is 0 Å². The number of carboxylic acids is 1. The van der Waals surface area contributed by atoms with Crippen molar-refractivity contribution in [2.75, 3.05) is 6.61 Å². The molecule has 0 radical (unpaired) electrons. The molecule has 2 aromatic rings. The summed E-state index contributed by atoms with van der Waals surface area (Å²) in [7, 11) is 0. The van der Waals surface area contributed by atoms with Crippen LogP contribution in [0, 0.1) is 0 Å². The molecule has 1 aromatic heterocycles. The van der Waals surface area contributed by atoms with E-state index < -0.39 is 5.97 Å². The number of pyridine rings is 1. The minimum absolute atomic E-state index is 0.579. The second kappa shape index (κ2) is 7.09. The zero-order valence-corrected chi connectivity index (χ0v) is 10.9. The van der Waals surface area contributed by atoms with Crippen molar-refractivity contribution >= 4 is 12.0 Å². The molecule has 0 saturated carbocycles. The smallest absolute Gasteiger partial charge is 0.328 e. The van der Waals surface area contributed by atoms with Crippen LogP contribution in [-0.2, 0) is 11.2 Å². The van der Waals surface area contributed by atoms with Crippen molar-refractivity contribution in [2.24, 2.45) is 0 Å². The van der Waals surface area contributed by atoms with Crippen molar-refractivity contribution in [3.8, 4) is 5.75 Å². The molecule has 0 saturated heterocycles. The average molecular weight is 269 g/mol. The van der Waals surface area contributed by atoms with E-state index in [-0.39, 0.29) is 0 Å². The summed E-state index contributed by atoms with van der Waals surface area (Å²) in [5.41, 5.74) is 1.96. The predicted octanol–water partition coefficient (Wildman–Crippen LogP) is 2.80. The number of nitrogens with zero attached hydrogens (tertiary/aromatic N) is 1. The van der Waals surface area contributed by atoms with Crippen molar-refractivity contribution in [3.05, 3.63) is 66.0 Å². The Labute approximate surface area is 117 Å². The van der Waals surface area contributed by atoms with Gasteiger partial charge in [-0.2, -0.15) is 0 Å². The third-order valence-corrected chi connectivity index (χ3v) is 2.68. The summed E-state index contributed by atoms with van der Waals surface area (Å²) in [6, 6.07) is 11.2. The number of hydrogen-bond donors (Lipinski definition) is 1. The number of hydrogen-bond acceptors (Lipinski definition) is 3. The van der Waals surface area contributed by atoms with Gasteiger partial charge in [0.1, 0.15) is 5.75 Å². The van der Waals surface area contributed by atoms with E-state index in [1.165, 1.54) is 0 Å². The maximum absolute atomic E-state index is 10.4. The highest BCUT2D eigenvalue weighted by molar-refractivity contribution is 5.85. The van der Waals surface area contributed by atoms with E-state index >= 15 is 0 Å². The molecule has 0 bridgehead atoms. The maximum Gasteiger partial charge on any atom is 0.328 e. The van der Waals surface area contributed by atoms with Gasteiger partial charge in [0.25, 0.3) is 0 Å². The standard InChI is InChI=1S/C16H15NO3/c18-16(19)8-5-13-3-6-15(7-4-13)20-11-9-14-2-1-10-17-12-14/h1-8,10,12H,9,11H2,(H,18,19). The van der Waals surface area contributed by atoms with E-state index in [9.17, 15) is 4.79 Å². The van der Waals surface area contributed by atoms with Crippen molar-refractivity contribution < 1.29 is 14.6 Å². The number of ether oxygens (including phenoxy) is 1. The molecule has 0 aliphatic heterocycles. The molecule has 102 valence electrons. The number of carboxylic acid groups (broad SMARTS) is 1. The van der Waals surface area contributed by atoms with Crippen LogP contribution in [0.15, 0.2) is 54.9 Å². The Morgan fingerprint density at radius 1 is 1.25 bits per heavy atom. The van der Waals surface area contributed by atoms with Gasteiger partial charge < -0.3 is 9.84 Å². The molecule has 0 spiro atoms. The van der Waals surface area contributed by atoms with Crippen LogP contribution >= 0.6 is 0 Å². The summed E-state index contributed by atoms with van der Waals surface area (Å²) in [6.45, 7) is 0.579. The lowest BCUT2D eigenvalue weighted by atomic mass is 10.2. The number of benzene rings is 1. The summed E-state index contributed by atoms with van der Waals surface area (Å²) in [6.07, 6.45) is 7.02. The van der Waals surface area contributed by atoms with Crippen molar-refractivity contribution in [1.82, 2.24) is 4.98 Å². The molecule has 1 heterocycles. The van der Waals surface area contributed by atoms with Crippen molar-refractivity contribution in [3.63, 3.8) is 0 Å². The number of rotatable bonds is 6. The van der Waals surface area contributed by atoms with E-state index in [4.69, 9.17) is 9.84 Å². The summed E-state index contributed by atoms with van der Waals surface area (Å²) < 4.78 is 5.62. The molecule has 4 heteroatoms. The van der Waals surface area contributed by atoms with Crippen LogP contribution in [0.3, 0.4) is 0 Å². The molecule has 2 rings (SSSR count). The zero-order valence-electron chi connectivity index (χ0n) is 10.9. The summed E-state index contributed by atoms with van der Waals surface area (Å²) in [5, 5.41) is 8.54. The highest BCUT2D eigenvalue weighted by Crippen LogP contribution is 2.13. The molecule has 1 N–H and O–H groups in total. The minimum Gasteiger partial charge on any atom is -0.493 e. The number of aromatic nitrogens is 1. The fourth-order valence-corrected chi connectivity index (χ4v) is 1.68. The molecule has 4 nitrogen and oxygen atoms in total. The molecule has 0 fully saturated rings. The largest absolute Gasteiger partial charge is 0.493 e. The van der Waals surface area contributed by atoms with Gasteiger partial charge in [0, 0.05) is 24.9 Å². The topological polar surface area (TPSA) is 59.4 Å². The van der Waals surface area contributed by atoms with Crippen LogP contribution in [0.5, 0.6) is 5.75 Å². The van der Waals surface area contributed by atoms with Crippen LogP contribution in [0.2, 0.25) is 0 Å². The van der Waals surface area contributed by atoms with Gasteiger partial charge in [-0.05, 0) is 35.4 Å². The first-order valence-electron chi connectivity index (χ1n) is 6.27. The SMILES string of the molecule is O=C(O)C=Cc1ccc(OCCc2cccnc2)cc1. The fourth-order valence-electron chi connectivity index (χ4n) is 1.68. The molecular formula is C16H15NO3. The van der Waals surface area contributed by atoms with Gasteiger partial charge in [-0.3, -0.25) is 4.98 Å². The van der Waals surface area contributed by atoms with Crippen LogP contribution < -0.4 is 4.74 Å². The van der Waals surface area contributed by atoms with Gasteiger partial charge in [-0.25, -0.2) is 4.79 Å². The van der Waals surface area contributed by atoms with Crippen LogP contribution in [-0.4, -0.2) is 22.7 Å². The van der Waals surface area contributed by atoms with E-state index in [1.807, 2.05) is 42.6 Å². The summed E-state index contributed by atoms with van der Waals surface area (Å²) in [5.74, 6) is -0.192. The average Bonchev–Trinajstić information content (AvgIpc) is 2.47. The van der Waals surface area contributed by atoms with E-state index in [0.717, 1.165) is 29.4 Å². The first kappa shape index (κ1) is 13.8. The normalized spacial score (nSPS) is 10.6. The van der Waals surface area contributed by atoms with Gasteiger partial charge in [0.15, 0.2) is 0 Å². The molecule has 0 atom stereocenters. The Morgan fingerprint density at radius 3 is 2.70 bits per heavy atom. The molecule has 0 amide bonds. The Hall–Kier alpha value is -2.62. The maximum atomic E-state index is 10.4. The first-order valence-corrected chi connectivity index (χ1v) is 6.27. The summed E-state index contributed by atoms with van der Waals surface area (Å²) in [4.78, 5) is 14.4. The van der Waals surface area contributed by atoms with Crippen LogP contribution in [0.25, 0.3) is 6.08 Å². The highest BCUT2D eigenvalue weighted by Gasteiger charge is 1.96.